The largest absolute Gasteiger partial charge is 0.420 e. The first kappa shape index (κ1) is 37.5. The summed E-state index contributed by atoms with van der Waals surface area (Å²) in [6.07, 6.45) is 1.56. The summed E-state index contributed by atoms with van der Waals surface area (Å²) in [6.45, 7) is 8.99. The van der Waals surface area contributed by atoms with E-state index in [1.54, 1.807) is 10.9 Å². The first-order chi connectivity index (χ1) is 21.5. The lowest BCUT2D eigenvalue weighted by Crippen LogP contribution is -2.15. The Morgan fingerprint density at radius 1 is 0.682 bits per heavy atom. The molecule has 0 aliphatic rings. The van der Waals surface area contributed by atoms with Gasteiger partial charge in [-0.05, 0) is 6.92 Å². The van der Waals surface area contributed by atoms with Crippen molar-refractivity contribution < 1.29 is 60.6 Å². The maximum Gasteiger partial charge on any atom is 0.313 e. The third-order valence-electron chi connectivity index (χ3n) is 5.37. The fourth-order valence-electron chi connectivity index (χ4n) is 3.26. The molecule has 0 N–H and O–H groups in total. The van der Waals surface area contributed by atoms with Crippen LogP contribution in [0.5, 0.6) is 5.75 Å². The number of benzene rings is 1. The molecular formula is C28H42F3N3O10. The molecule has 0 aliphatic heterocycles. The van der Waals surface area contributed by atoms with E-state index in [0.717, 1.165) is 5.69 Å². The molecule has 1 aromatic carbocycles. The van der Waals surface area contributed by atoms with E-state index in [1.807, 2.05) is 6.92 Å². The third-order valence-corrected chi connectivity index (χ3v) is 5.37. The second-order valence-corrected chi connectivity index (χ2v) is 8.82. The molecule has 0 spiro atoms. The minimum Gasteiger partial charge on any atom is -0.420 e. The smallest absolute Gasteiger partial charge is 0.313 e. The van der Waals surface area contributed by atoms with E-state index in [0.29, 0.717) is 105 Å². The zero-order valence-electron chi connectivity index (χ0n) is 25.0. The zero-order valence-corrected chi connectivity index (χ0v) is 25.0. The van der Waals surface area contributed by atoms with Crippen molar-refractivity contribution in [3.8, 4) is 5.75 Å². The van der Waals surface area contributed by atoms with Crippen LogP contribution in [-0.2, 0) is 55.8 Å². The summed E-state index contributed by atoms with van der Waals surface area (Å²) in [4.78, 5) is 11.7. The van der Waals surface area contributed by atoms with Crippen LogP contribution in [0, 0.1) is 17.5 Å². The van der Waals surface area contributed by atoms with E-state index in [-0.39, 0.29) is 26.2 Å². The Morgan fingerprint density at radius 2 is 1.16 bits per heavy atom. The average Bonchev–Trinajstić information content (AvgIpc) is 3.45. The molecule has 0 amide bonds. The van der Waals surface area contributed by atoms with Gasteiger partial charge in [0, 0.05) is 18.7 Å². The first-order valence-corrected chi connectivity index (χ1v) is 14.4. The van der Waals surface area contributed by atoms with Crippen molar-refractivity contribution in [1.82, 2.24) is 15.0 Å². The maximum absolute atomic E-state index is 13.5. The van der Waals surface area contributed by atoms with Gasteiger partial charge in [0.15, 0.2) is 11.6 Å². The second-order valence-electron chi connectivity index (χ2n) is 8.82. The summed E-state index contributed by atoms with van der Waals surface area (Å²) < 4.78 is 89.2. The van der Waals surface area contributed by atoms with Gasteiger partial charge in [-0.2, -0.15) is 0 Å². The minimum atomic E-state index is -1.30. The minimum absolute atomic E-state index is 0.0350. The molecule has 0 atom stereocenters. The van der Waals surface area contributed by atoms with Crippen LogP contribution >= 0.6 is 0 Å². The molecule has 1 heterocycles. The van der Waals surface area contributed by atoms with Crippen molar-refractivity contribution >= 4 is 5.97 Å². The van der Waals surface area contributed by atoms with E-state index >= 15 is 0 Å². The Morgan fingerprint density at radius 3 is 1.70 bits per heavy atom. The highest BCUT2D eigenvalue weighted by Crippen LogP contribution is 2.23. The highest BCUT2D eigenvalue weighted by molar-refractivity contribution is 5.72. The van der Waals surface area contributed by atoms with Gasteiger partial charge in [0.05, 0.1) is 118 Å². The van der Waals surface area contributed by atoms with Gasteiger partial charge in [-0.1, -0.05) is 5.21 Å². The van der Waals surface area contributed by atoms with Crippen LogP contribution in [0.25, 0.3) is 0 Å². The summed E-state index contributed by atoms with van der Waals surface area (Å²) in [5, 5.41) is 8.11. The predicted molar refractivity (Wildman–Crippen MR) is 148 cm³/mol. The summed E-state index contributed by atoms with van der Waals surface area (Å²) >= 11 is 0. The Hall–Kier alpha value is -2.70. The van der Waals surface area contributed by atoms with E-state index in [2.05, 4.69) is 15.0 Å². The van der Waals surface area contributed by atoms with Gasteiger partial charge in [-0.25, -0.2) is 17.9 Å². The molecule has 0 saturated heterocycles. The fraction of sp³-hybridized carbons (Fsp3) is 0.679. The Kier molecular flexibility index (Phi) is 21.0. The highest BCUT2D eigenvalue weighted by Gasteiger charge is 2.16. The highest BCUT2D eigenvalue weighted by atomic mass is 19.1. The van der Waals surface area contributed by atoms with E-state index in [9.17, 15) is 18.0 Å². The van der Waals surface area contributed by atoms with E-state index < -0.39 is 29.2 Å². The Labute approximate surface area is 254 Å². The van der Waals surface area contributed by atoms with Gasteiger partial charge >= 0.3 is 5.97 Å². The second kappa shape index (κ2) is 24.6. The number of esters is 1. The third kappa shape index (κ3) is 18.2. The summed E-state index contributed by atoms with van der Waals surface area (Å²) in [6, 6.07) is 0.852. The number of hydrogen-bond acceptors (Lipinski definition) is 12. The molecule has 250 valence electrons. The first-order valence-electron chi connectivity index (χ1n) is 14.4. The summed E-state index contributed by atoms with van der Waals surface area (Å²) in [5.74, 6) is -5.56. The van der Waals surface area contributed by atoms with Crippen LogP contribution in [0.15, 0.2) is 18.3 Å². The van der Waals surface area contributed by atoms with Gasteiger partial charge in [0.25, 0.3) is 0 Å². The molecule has 0 fully saturated rings. The van der Waals surface area contributed by atoms with Crippen molar-refractivity contribution in [3.63, 3.8) is 0 Å². The number of carbonyl (C=O) groups excluding carboxylic acids is 1. The lowest BCUT2D eigenvalue weighted by atomic mass is 10.3. The molecule has 0 bridgehead atoms. The molecule has 2 aromatic rings. The molecule has 16 heteroatoms. The van der Waals surface area contributed by atoms with Crippen molar-refractivity contribution in [1.29, 1.82) is 0 Å². The van der Waals surface area contributed by atoms with Gasteiger partial charge in [-0.15, -0.1) is 5.10 Å². The van der Waals surface area contributed by atoms with Crippen LogP contribution in [0.2, 0.25) is 0 Å². The molecule has 44 heavy (non-hydrogen) atoms. The van der Waals surface area contributed by atoms with Crippen molar-refractivity contribution in [2.45, 2.75) is 26.5 Å². The number of hydrogen-bond donors (Lipinski definition) is 0. The molecule has 2 rings (SSSR count). The SMILES string of the molecule is CCOCCOCCOCCOCc1cn(CCOCCOCCOCCOCCC(=O)Oc2c(F)cc(F)cc2F)nn1. The van der Waals surface area contributed by atoms with Crippen LogP contribution < -0.4 is 4.74 Å². The molecule has 0 unspecified atom stereocenters. The average molecular weight is 638 g/mol. The van der Waals surface area contributed by atoms with Crippen molar-refractivity contribution in [3.05, 3.63) is 41.5 Å². The van der Waals surface area contributed by atoms with Crippen LogP contribution in [0.4, 0.5) is 13.2 Å². The van der Waals surface area contributed by atoms with Gasteiger partial charge in [-0.3, -0.25) is 4.79 Å². The van der Waals surface area contributed by atoms with Gasteiger partial charge in [0.1, 0.15) is 11.5 Å². The molecule has 13 nitrogen and oxygen atoms in total. The number of carbonyl (C=O) groups is 1. The molecule has 0 aliphatic carbocycles. The van der Waals surface area contributed by atoms with E-state index in [4.69, 9.17) is 37.9 Å². The zero-order chi connectivity index (χ0) is 31.7. The number of rotatable bonds is 28. The number of ether oxygens (including phenoxy) is 9. The van der Waals surface area contributed by atoms with Gasteiger partial charge < -0.3 is 42.6 Å². The van der Waals surface area contributed by atoms with Crippen LogP contribution in [0.1, 0.15) is 19.0 Å². The van der Waals surface area contributed by atoms with Gasteiger partial charge in [0.2, 0.25) is 5.75 Å². The Balaban J connectivity index is 1.32. The topological polar surface area (TPSA) is 131 Å². The number of aromatic nitrogens is 3. The lowest BCUT2D eigenvalue weighted by molar-refractivity contribution is -0.136. The fourth-order valence-corrected chi connectivity index (χ4v) is 3.26. The molecule has 0 saturated carbocycles. The number of halogens is 3. The summed E-state index contributed by atoms with van der Waals surface area (Å²) in [5.41, 5.74) is 0.718. The molecular weight excluding hydrogens is 595 g/mol. The van der Waals surface area contributed by atoms with Crippen LogP contribution in [0.3, 0.4) is 0 Å². The standard InChI is InChI=1S/C28H42F3N3O10/c1-2-36-7-8-39-13-16-42-17-18-43-22-24-21-34(33-32-24)4-6-38-10-12-41-15-14-40-11-9-37-5-3-27(35)44-28-25(30)19-23(29)20-26(28)31/h19-21H,2-18,22H2,1H3. The van der Waals surface area contributed by atoms with Crippen molar-refractivity contribution in [2.75, 3.05) is 99.1 Å². The lowest BCUT2D eigenvalue weighted by Gasteiger charge is -2.08. The Bertz CT molecular complexity index is 1010. The summed E-state index contributed by atoms with van der Waals surface area (Å²) in [7, 11) is 0. The number of nitrogens with zero attached hydrogens (tertiary/aromatic N) is 3. The van der Waals surface area contributed by atoms with Crippen molar-refractivity contribution in [2.24, 2.45) is 0 Å². The molecule has 0 radical (unpaired) electrons. The normalized spacial score (nSPS) is 11.4. The van der Waals surface area contributed by atoms with Crippen LogP contribution in [-0.4, -0.2) is 120 Å². The predicted octanol–water partition coefficient (Wildman–Crippen LogP) is 2.34. The molecule has 1 aromatic heterocycles. The quantitative estimate of drug-likeness (QED) is 0.0771. The van der Waals surface area contributed by atoms with E-state index in [1.165, 1.54) is 0 Å². The monoisotopic (exact) mass is 637 g/mol. The maximum atomic E-state index is 13.5.